The Kier molecular flexibility index (Phi) is 9.40. The van der Waals surface area contributed by atoms with Gasteiger partial charge in [-0.1, -0.05) is 53.5 Å². The predicted molar refractivity (Wildman–Crippen MR) is 165 cm³/mol. The van der Waals surface area contributed by atoms with Gasteiger partial charge < -0.3 is 26.2 Å². The minimum absolute atomic E-state index is 0.0441. The normalized spacial score (nSPS) is 17.5. The second kappa shape index (κ2) is 12.8. The van der Waals surface area contributed by atoms with Crippen molar-refractivity contribution in [3.05, 3.63) is 87.4 Å². The lowest BCUT2D eigenvalue weighted by molar-refractivity contribution is -0.121. The fraction of sp³-hybridized carbons (Fsp3) is 0.333. The van der Waals surface area contributed by atoms with Crippen LogP contribution in [0.1, 0.15) is 44.2 Å². The summed E-state index contributed by atoms with van der Waals surface area (Å²) in [5.74, 6) is 1.44. The summed E-state index contributed by atoms with van der Waals surface area (Å²) >= 11 is 12.7. The lowest BCUT2D eigenvalue weighted by Crippen LogP contribution is -2.53. The molecule has 0 bridgehead atoms. The molecule has 2 aliphatic rings. The molecular weight excluding hydrogens is 561 g/mol. The van der Waals surface area contributed by atoms with Gasteiger partial charge in [0, 0.05) is 67.3 Å². The van der Waals surface area contributed by atoms with E-state index < -0.39 is 5.91 Å². The van der Waals surface area contributed by atoms with Gasteiger partial charge in [-0.25, -0.2) is 4.99 Å². The summed E-state index contributed by atoms with van der Waals surface area (Å²) in [4.78, 5) is 32.3. The SMILES string of the molecule is CC(=O)NC1(C)CCN(C2=CC(N(C)CCC(N)=O)=N/C(=C(/C(=N)c3ccccc3Cl)c3ccc(Cl)cc3)N2)CC1. The molecule has 2 aromatic carbocycles. The van der Waals surface area contributed by atoms with Crippen LogP contribution in [0.15, 0.2) is 71.2 Å². The highest BCUT2D eigenvalue weighted by molar-refractivity contribution is 6.40. The monoisotopic (exact) mass is 595 g/mol. The third-order valence-corrected chi connectivity index (χ3v) is 7.85. The Morgan fingerprint density at radius 1 is 1.15 bits per heavy atom. The van der Waals surface area contributed by atoms with Gasteiger partial charge in [-0.2, -0.15) is 0 Å². The molecule has 2 heterocycles. The smallest absolute Gasteiger partial charge is 0.219 e. The molecule has 0 spiro atoms. The number of carbonyl (C=O) groups excluding carboxylic acids is 2. The van der Waals surface area contributed by atoms with Gasteiger partial charge in [-0.15, -0.1) is 0 Å². The minimum Gasteiger partial charge on any atom is -0.370 e. The number of amidine groups is 1. The molecular formula is C30H35Cl2N7O2. The number of amides is 2. The van der Waals surface area contributed by atoms with Crippen molar-refractivity contribution in [2.75, 3.05) is 26.7 Å². The van der Waals surface area contributed by atoms with Crippen LogP contribution in [-0.2, 0) is 9.59 Å². The summed E-state index contributed by atoms with van der Waals surface area (Å²) < 4.78 is 0. The summed E-state index contributed by atoms with van der Waals surface area (Å²) in [5, 5.41) is 16.9. The highest BCUT2D eigenvalue weighted by atomic mass is 35.5. The maximum absolute atomic E-state index is 11.8. The molecule has 2 aromatic rings. The molecule has 9 nitrogen and oxygen atoms in total. The molecule has 0 saturated carbocycles. The Labute approximate surface area is 250 Å². The fourth-order valence-corrected chi connectivity index (χ4v) is 5.29. The maximum atomic E-state index is 11.8. The van der Waals surface area contributed by atoms with E-state index in [2.05, 4.69) is 22.5 Å². The number of nitrogens with zero attached hydrogens (tertiary/aromatic N) is 3. The number of likely N-dealkylation sites (N-methyl/N-ethyl adjacent to an activating group) is 1. The minimum atomic E-state index is -0.401. The lowest BCUT2D eigenvalue weighted by Gasteiger charge is -2.42. The van der Waals surface area contributed by atoms with E-state index in [0.717, 1.165) is 24.2 Å². The van der Waals surface area contributed by atoms with Crippen LogP contribution in [0.2, 0.25) is 10.0 Å². The molecule has 1 fully saturated rings. The molecule has 0 aliphatic carbocycles. The number of benzene rings is 2. The first-order chi connectivity index (χ1) is 19.5. The summed E-state index contributed by atoms with van der Waals surface area (Å²) in [7, 11) is 1.85. The molecule has 1 saturated heterocycles. The number of halogens is 2. The van der Waals surface area contributed by atoms with Gasteiger partial charge in [0.15, 0.2) is 0 Å². The topological polar surface area (TPSA) is 127 Å². The van der Waals surface area contributed by atoms with Crippen molar-refractivity contribution in [2.45, 2.75) is 38.6 Å². The van der Waals surface area contributed by atoms with E-state index in [-0.39, 0.29) is 23.6 Å². The first-order valence-electron chi connectivity index (χ1n) is 13.4. The number of allylic oxidation sites excluding steroid dienone is 1. The van der Waals surface area contributed by atoms with Crippen molar-refractivity contribution < 1.29 is 9.59 Å². The van der Waals surface area contributed by atoms with Crippen LogP contribution in [0.4, 0.5) is 0 Å². The highest BCUT2D eigenvalue weighted by Crippen LogP contribution is 2.31. The number of rotatable bonds is 8. The quantitative estimate of drug-likeness (QED) is 0.337. The van der Waals surface area contributed by atoms with Gasteiger partial charge in [0.1, 0.15) is 17.5 Å². The Hall–Kier alpha value is -3.82. The van der Waals surface area contributed by atoms with Crippen LogP contribution in [-0.4, -0.2) is 65.4 Å². The van der Waals surface area contributed by atoms with E-state index in [9.17, 15) is 15.0 Å². The van der Waals surface area contributed by atoms with Crippen molar-refractivity contribution in [3.63, 3.8) is 0 Å². The van der Waals surface area contributed by atoms with Crippen LogP contribution >= 0.6 is 23.2 Å². The van der Waals surface area contributed by atoms with Crippen LogP contribution in [0, 0.1) is 5.41 Å². The second-order valence-corrected chi connectivity index (χ2v) is 11.4. The maximum Gasteiger partial charge on any atom is 0.219 e. The van der Waals surface area contributed by atoms with Gasteiger partial charge in [0.05, 0.1) is 11.3 Å². The Morgan fingerprint density at radius 2 is 1.80 bits per heavy atom. The average molecular weight is 597 g/mol. The summed E-state index contributed by atoms with van der Waals surface area (Å²) in [6.45, 7) is 5.37. The number of piperidine rings is 1. The zero-order valence-corrected chi connectivity index (χ0v) is 24.9. The molecule has 0 radical (unpaired) electrons. The van der Waals surface area contributed by atoms with Gasteiger partial charge >= 0.3 is 0 Å². The van der Waals surface area contributed by atoms with E-state index in [0.29, 0.717) is 52.5 Å². The van der Waals surface area contributed by atoms with E-state index in [4.69, 9.17) is 33.9 Å². The Morgan fingerprint density at radius 3 is 2.41 bits per heavy atom. The first kappa shape index (κ1) is 30.1. The molecule has 11 heteroatoms. The Balaban J connectivity index is 1.79. The number of hydrogen-bond donors (Lipinski definition) is 4. The third kappa shape index (κ3) is 7.48. The van der Waals surface area contributed by atoms with E-state index in [1.807, 2.05) is 42.3 Å². The molecule has 41 heavy (non-hydrogen) atoms. The number of hydrogen-bond acceptors (Lipinski definition) is 7. The number of primary amides is 1. The molecule has 2 amide bonds. The zero-order chi connectivity index (χ0) is 29.7. The summed E-state index contributed by atoms with van der Waals surface area (Å²) in [5.41, 5.74) is 7.18. The lowest BCUT2D eigenvalue weighted by atomic mass is 9.89. The van der Waals surface area contributed by atoms with Gasteiger partial charge in [0.25, 0.3) is 0 Å². The van der Waals surface area contributed by atoms with Gasteiger partial charge in [0.2, 0.25) is 11.8 Å². The Bertz CT molecular complexity index is 1420. The number of likely N-dealkylation sites (tertiary alicyclic amines) is 1. The predicted octanol–water partition coefficient (Wildman–Crippen LogP) is 4.37. The van der Waals surface area contributed by atoms with Crippen LogP contribution in [0.3, 0.4) is 0 Å². The van der Waals surface area contributed by atoms with Crippen LogP contribution in [0.25, 0.3) is 5.57 Å². The molecule has 0 aromatic heterocycles. The van der Waals surface area contributed by atoms with Crippen molar-refractivity contribution in [1.82, 2.24) is 20.4 Å². The number of aliphatic imine (C=N–C) groups is 1. The molecule has 5 N–H and O–H groups in total. The van der Waals surface area contributed by atoms with Crippen LogP contribution in [0.5, 0.6) is 0 Å². The molecule has 2 aliphatic heterocycles. The van der Waals surface area contributed by atoms with Crippen molar-refractivity contribution in [2.24, 2.45) is 10.7 Å². The van der Waals surface area contributed by atoms with Crippen LogP contribution < -0.4 is 16.4 Å². The second-order valence-electron chi connectivity index (χ2n) is 10.6. The molecule has 4 rings (SSSR count). The average Bonchev–Trinajstić information content (AvgIpc) is 2.92. The fourth-order valence-electron chi connectivity index (χ4n) is 4.94. The summed E-state index contributed by atoms with van der Waals surface area (Å²) in [6, 6.07) is 14.5. The van der Waals surface area contributed by atoms with E-state index in [1.165, 1.54) is 6.92 Å². The largest absolute Gasteiger partial charge is 0.370 e. The van der Waals surface area contributed by atoms with Crippen molar-refractivity contribution >= 4 is 52.1 Å². The van der Waals surface area contributed by atoms with Gasteiger partial charge in [-0.05, 0) is 43.5 Å². The van der Waals surface area contributed by atoms with E-state index >= 15 is 0 Å². The molecule has 0 atom stereocenters. The standard InChI is InChI=1S/C30H35Cl2N7O2/c1-19(40)37-30(2)13-16-39(17-14-30)26-18-25(38(3)15-12-24(33)41)35-29(36-26)27(20-8-10-21(31)11-9-20)28(34)22-6-4-5-7-23(22)32/h4-11,18,34,36H,12-17H2,1-3H3,(H2,33,41)(H,37,40)/b29-27-,34-28?. The highest BCUT2D eigenvalue weighted by Gasteiger charge is 2.33. The van der Waals surface area contributed by atoms with Gasteiger partial charge in [-0.3, -0.25) is 15.0 Å². The van der Waals surface area contributed by atoms with Crippen molar-refractivity contribution in [3.8, 4) is 0 Å². The number of nitrogens with two attached hydrogens (primary N) is 1. The first-order valence-corrected chi connectivity index (χ1v) is 14.2. The molecule has 216 valence electrons. The third-order valence-electron chi connectivity index (χ3n) is 7.27. The summed E-state index contributed by atoms with van der Waals surface area (Å²) in [6.07, 6.45) is 3.62. The van der Waals surface area contributed by atoms with E-state index in [1.54, 1.807) is 24.3 Å². The number of nitrogens with one attached hydrogen (secondary N) is 3. The van der Waals surface area contributed by atoms with Crippen molar-refractivity contribution in [1.29, 1.82) is 5.41 Å². The number of carbonyl (C=O) groups is 2. The molecule has 0 unspecified atom stereocenters. The zero-order valence-electron chi connectivity index (χ0n) is 23.4.